The number of benzene rings is 2. The lowest BCUT2D eigenvalue weighted by molar-refractivity contribution is -0.144. The summed E-state index contributed by atoms with van der Waals surface area (Å²) in [4.78, 5) is 32.0. The minimum absolute atomic E-state index is 0.0594. The number of carbonyl (C=O) groups excluding carboxylic acids is 2. The molecule has 1 saturated heterocycles. The van der Waals surface area contributed by atoms with Crippen LogP contribution in [0.25, 0.3) is 0 Å². The van der Waals surface area contributed by atoms with E-state index in [1.54, 1.807) is 0 Å². The normalized spacial score (nSPS) is 18.6. The number of ether oxygens (including phenoxy) is 2. The molecule has 2 aromatic carbocycles. The van der Waals surface area contributed by atoms with Crippen LogP contribution in [0.5, 0.6) is 11.5 Å². The van der Waals surface area contributed by atoms with Crippen molar-refractivity contribution in [1.82, 2.24) is 14.7 Å². The molecule has 1 atom stereocenters. The lowest BCUT2D eigenvalue weighted by Crippen LogP contribution is -2.56. The zero-order valence-corrected chi connectivity index (χ0v) is 19.7. The molecule has 0 aliphatic carbocycles. The maximum absolute atomic E-state index is 13.2. The molecular formula is C26H33N3O4. The highest BCUT2D eigenvalue weighted by Gasteiger charge is 2.34. The molecule has 0 N–H and O–H groups in total. The van der Waals surface area contributed by atoms with E-state index in [1.807, 2.05) is 64.4 Å². The fourth-order valence-electron chi connectivity index (χ4n) is 4.21. The van der Waals surface area contributed by atoms with Crippen LogP contribution in [0.1, 0.15) is 26.3 Å². The molecule has 0 spiro atoms. The van der Waals surface area contributed by atoms with Crippen LogP contribution in [0.4, 0.5) is 0 Å². The largest absolute Gasteiger partial charge is 0.485 e. The molecule has 0 aromatic heterocycles. The Morgan fingerprint density at radius 1 is 0.939 bits per heavy atom. The van der Waals surface area contributed by atoms with Gasteiger partial charge in [0.2, 0.25) is 12.0 Å². The molecule has 176 valence electrons. The predicted molar refractivity (Wildman–Crippen MR) is 126 cm³/mol. The predicted octanol–water partition coefficient (Wildman–Crippen LogP) is 2.80. The summed E-state index contributed by atoms with van der Waals surface area (Å²) in [6.45, 7) is 9.80. The van der Waals surface area contributed by atoms with Crippen molar-refractivity contribution >= 4 is 11.8 Å². The molecule has 1 fully saturated rings. The number of piperazine rings is 1. The van der Waals surface area contributed by atoms with Crippen molar-refractivity contribution in [3.63, 3.8) is 0 Å². The Morgan fingerprint density at radius 3 is 2.24 bits per heavy atom. The summed E-state index contributed by atoms with van der Waals surface area (Å²) in [5.41, 5.74) is 0.840. The number of rotatable bonds is 5. The van der Waals surface area contributed by atoms with Gasteiger partial charge in [0, 0.05) is 38.3 Å². The zero-order chi connectivity index (χ0) is 23.4. The first-order chi connectivity index (χ1) is 15.8. The second-order valence-corrected chi connectivity index (χ2v) is 9.60. The van der Waals surface area contributed by atoms with E-state index in [9.17, 15) is 9.59 Å². The molecule has 2 aromatic rings. The van der Waals surface area contributed by atoms with Crippen molar-refractivity contribution in [2.75, 3.05) is 39.3 Å². The van der Waals surface area contributed by atoms with Crippen LogP contribution >= 0.6 is 0 Å². The average molecular weight is 452 g/mol. The summed E-state index contributed by atoms with van der Waals surface area (Å²) < 4.78 is 11.6. The molecule has 2 aliphatic heterocycles. The first-order valence-corrected chi connectivity index (χ1v) is 11.6. The third-order valence-electron chi connectivity index (χ3n) is 6.12. The van der Waals surface area contributed by atoms with E-state index in [-0.39, 0.29) is 24.0 Å². The molecule has 7 heteroatoms. The van der Waals surface area contributed by atoms with Crippen molar-refractivity contribution in [2.24, 2.45) is 0 Å². The van der Waals surface area contributed by atoms with Gasteiger partial charge < -0.3 is 19.3 Å². The van der Waals surface area contributed by atoms with E-state index in [4.69, 9.17) is 9.47 Å². The lowest BCUT2D eigenvalue weighted by atomic mass is 10.0. The van der Waals surface area contributed by atoms with Gasteiger partial charge in [-0.15, -0.1) is 0 Å². The van der Waals surface area contributed by atoms with Gasteiger partial charge >= 0.3 is 0 Å². The van der Waals surface area contributed by atoms with E-state index in [0.29, 0.717) is 50.8 Å². The van der Waals surface area contributed by atoms with Crippen molar-refractivity contribution in [1.29, 1.82) is 0 Å². The first-order valence-electron chi connectivity index (χ1n) is 11.6. The first kappa shape index (κ1) is 23.1. The molecule has 2 aliphatic rings. The molecule has 7 nitrogen and oxygen atoms in total. The average Bonchev–Trinajstić information content (AvgIpc) is 2.82. The van der Waals surface area contributed by atoms with Crippen LogP contribution < -0.4 is 9.47 Å². The highest BCUT2D eigenvalue weighted by atomic mass is 16.6. The Hall–Kier alpha value is -3.06. The fraction of sp³-hybridized carbons (Fsp3) is 0.462. The number of amides is 2. The molecule has 0 saturated carbocycles. The fourth-order valence-corrected chi connectivity index (χ4v) is 4.21. The maximum atomic E-state index is 13.2. The summed E-state index contributed by atoms with van der Waals surface area (Å²) in [6.07, 6.45) is -0.629. The van der Waals surface area contributed by atoms with Crippen molar-refractivity contribution < 1.29 is 19.1 Å². The van der Waals surface area contributed by atoms with Gasteiger partial charge in [-0.3, -0.25) is 14.5 Å². The Labute approximate surface area is 195 Å². The molecular weight excluding hydrogens is 418 g/mol. The summed E-state index contributed by atoms with van der Waals surface area (Å²) >= 11 is 0. The van der Waals surface area contributed by atoms with E-state index >= 15 is 0 Å². The van der Waals surface area contributed by atoms with E-state index in [1.165, 1.54) is 0 Å². The van der Waals surface area contributed by atoms with Crippen LogP contribution in [0.2, 0.25) is 0 Å². The van der Waals surface area contributed by atoms with E-state index in [0.717, 1.165) is 5.56 Å². The molecule has 0 radical (unpaired) electrons. The van der Waals surface area contributed by atoms with Gasteiger partial charge in [0.1, 0.15) is 6.61 Å². The van der Waals surface area contributed by atoms with E-state index in [2.05, 4.69) is 25.7 Å². The van der Waals surface area contributed by atoms with Crippen LogP contribution in [-0.2, 0) is 16.1 Å². The molecule has 2 amide bonds. The minimum Gasteiger partial charge on any atom is -0.485 e. The molecule has 1 unspecified atom stereocenters. The standard InChI is InChI=1S/C26H33N3O4/c1-26(2,3)29(17-20-9-5-4-6-10-20)24(30)18-27-13-15-28(16-14-27)25(31)23-19-32-21-11-7-8-12-22(21)33-23/h4-12,23H,13-19H2,1-3H3. The summed E-state index contributed by atoms with van der Waals surface area (Å²) in [5, 5.41) is 0. The summed E-state index contributed by atoms with van der Waals surface area (Å²) in [7, 11) is 0. The third-order valence-corrected chi connectivity index (χ3v) is 6.12. The Bertz CT molecular complexity index is 965. The Balaban J connectivity index is 1.30. The van der Waals surface area contributed by atoms with Gasteiger partial charge in [0.25, 0.3) is 5.91 Å². The minimum atomic E-state index is -0.629. The smallest absolute Gasteiger partial charge is 0.267 e. The number of fused-ring (bicyclic) bond motifs is 1. The third kappa shape index (κ3) is 5.66. The molecule has 2 heterocycles. The van der Waals surface area contributed by atoms with Gasteiger partial charge in [0.05, 0.1) is 6.54 Å². The van der Waals surface area contributed by atoms with Gasteiger partial charge in [-0.2, -0.15) is 0 Å². The number of para-hydroxylation sites is 2. The zero-order valence-electron chi connectivity index (χ0n) is 19.7. The van der Waals surface area contributed by atoms with Gasteiger partial charge in [0.15, 0.2) is 11.5 Å². The SMILES string of the molecule is CC(C)(C)N(Cc1ccccc1)C(=O)CN1CCN(C(=O)C2COc3ccccc3O2)CC1. The monoisotopic (exact) mass is 451 g/mol. The van der Waals surface area contributed by atoms with Gasteiger partial charge in [-0.05, 0) is 38.5 Å². The second-order valence-electron chi connectivity index (χ2n) is 9.60. The lowest BCUT2D eigenvalue weighted by Gasteiger charge is -2.40. The number of nitrogens with zero attached hydrogens (tertiary/aromatic N) is 3. The van der Waals surface area contributed by atoms with Gasteiger partial charge in [-0.25, -0.2) is 0 Å². The molecule has 4 rings (SSSR count). The van der Waals surface area contributed by atoms with E-state index < -0.39 is 6.10 Å². The Kier molecular flexibility index (Phi) is 6.88. The van der Waals surface area contributed by atoms with Crippen LogP contribution in [0.3, 0.4) is 0 Å². The second kappa shape index (κ2) is 9.83. The summed E-state index contributed by atoms with van der Waals surface area (Å²) in [5.74, 6) is 1.32. The quantitative estimate of drug-likeness (QED) is 0.700. The molecule has 33 heavy (non-hydrogen) atoms. The van der Waals surface area contributed by atoms with Crippen LogP contribution in [-0.4, -0.2) is 77.5 Å². The van der Waals surface area contributed by atoms with Crippen molar-refractivity contribution in [3.8, 4) is 11.5 Å². The number of carbonyl (C=O) groups is 2. The van der Waals surface area contributed by atoms with Crippen molar-refractivity contribution in [3.05, 3.63) is 60.2 Å². The highest BCUT2D eigenvalue weighted by Crippen LogP contribution is 2.31. The maximum Gasteiger partial charge on any atom is 0.267 e. The Morgan fingerprint density at radius 2 is 1.58 bits per heavy atom. The van der Waals surface area contributed by atoms with Crippen LogP contribution in [0, 0.1) is 0 Å². The van der Waals surface area contributed by atoms with Crippen molar-refractivity contribution in [2.45, 2.75) is 39.0 Å². The number of hydrogen-bond acceptors (Lipinski definition) is 5. The van der Waals surface area contributed by atoms with Gasteiger partial charge in [-0.1, -0.05) is 42.5 Å². The number of hydrogen-bond donors (Lipinski definition) is 0. The molecule has 0 bridgehead atoms. The summed E-state index contributed by atoms with van der Waals surface area (Å²) in [6, 6.07) is 17.5. The van der Waals surface area contributed by atoms with Crippen LogP contribution in [0.15, 0.2) is 54.6 Å². The highest BCUT2D eigenvalue weighted by molar-refractivity contribution is 5.82. The topological polar surface area (TPSA) is 62.3 Å².